The summed E-state index contributed by atoms with van der Waals surface area (Å²) in [5.74, 6) is 0.802. The fourth-order valence-corrected chi connectivity index (χ4v) is 4.45. The topological polar surface area (TPSA) is 0 Å². The van der Waals surface area contributed by atoms with Crippen LogP contribution in [0, 0.1) is 5.25 Å². The zero-order valence-electron chi connectivity index (χ0n) is 7.79. The predicted molar refractivity (Wildman–Crippen MR) is 82.7 cm³/mol. The fourth-order valence-electron chi connectivity index (χ4n) is 1.43. The number of thioether (sulfide) groups is 1. The van der Waals surface area contributed by atoms with Crippen molar-refractivity contribution in [2.24, 2.45) is 0 Å². The van der Waals surface area contributed by atoms with Crippen LogP contribution >= 0.6 is 62.3 Å². The minimum atomic E-state index is -0.592. The highest BCUT2D eigenvalue weighted by Gasteiger charge is 2.54. The molecule has 1 aliphatic rings. The Morgan fingerprint density at radius 1 is 1.00 bits per heavy atom. The molecule has 1 aromatic rings. The molecule has 15 heavy (non-hydrogen) atoms. The first-order chi connectivity index (χ1) is 6.95. The lowest BCUT2D eigenvalue weighted by atomic mass is 10.1. The van der Waals surface area contributed by atoms with Gasteiger partial charge in [-0.15, -0.1) is 11.8 Å². The Morgan fingerprint density at radius 2 is 1.60 bits per heavy atom. The van der Waals surface area contributed by atoms with Crippen molar-refractivity contribution in [3.8, 4) is 0 Å². The molecule has 1 aliphatic heterocycles. The molecule has 1 aromatic carbocycles. The highest BCUT2D eigenvalue weighted by Crippen LogP contribution is 2.61. The maximum absolute atomic E-state index is 4.59. The molecule has 2 rings (SSSR count). The third-order valence-corrected chi connectivity index (χ3v) is 7.37. The quantitative estimate of drug-likeness (QED) is 0.454. The molecule has 0 N–H and O–H groups in total. The van der Waals surface area contributed by atoms with Crippen molar-refractivity contribution in [3.63, 3.8) is 0 Å². The molecule has 0 amide bonds. The van der Waals surface area contributed by atoms with Gasteiger partial charge in [-0.25, -0.2) is 0 Å². The molecule has 0 aliphatic carbocycles. The summed E-state index contributed by atoms with van der Waals surface area (Å²) in [6, 6.07) is 10.1. The molecular formula is C10H11S5. The molecule has 81 valence electrons. The lowest BCUT2D eigenvalue weighted by Crippen LogP contribution is -2.36. The van der Waals surface area contributed by atoms with Crippen LogP contribution < -0.4 is 0 Å². The molecule has 0 atom stereocenters. The first kappa shape index (κ1) is 12.4. The van der Waals surface area contributed by atoms with Crippen LogP contribution in [-0.2, 0) is 0 Å². The van der Waals surface area contributed by atoms with Crippen molar-refractivity contribution < 1.29 is 0 Å². The van der Waals surface area contributed by atoms with Crippen LogP contribution in [0.3, 0.4) is 0 Å². The minimum absolute atomic E-state index is 0.491. The van der Waals surface area contributed by atoms with E-state index in [1.807, 2.05) is 18.2 Å². The van der Waals surface area contributed by atoms with Crippen molar-refractivity contribution >= 4 is 62.3 Å². The zero-order chi connectivity index (χ0) is 11.1. The molecule has 0 saturated carbocycles. The fraction of sp³-hybridized carbons (Fsp3) is 0.300. The van der Waals surface area contributed by atoms with Crippen molar-refractivity contribution in [2.75, 3.05) is 5.75 Å². The van der Waals surface area contributed by atoms with E-state index in [2.05, 4.69) is 62.6 Å². The molecule has 1 radical (unpaired) electrons. The average Bonchev–Trinajstić information content (AvgIpc) is 2.39. The van der Waals surface area contributed by atoms with Gasteiger partial charge in [-0.2, -0.15) is 50.5 Å². The summed E-state index contributed by atoms with van der Waals surface area (Å²) in [6.07, 6.45) is 0. The second-order valence-corrected chi connectivity index (χ2v) is 8.03. The van der Waals surface area contributed by atoms with Crippen LogP contribution in [0.1, 0.15) is 5.56 Å². The summed E-state index contributed by atoms with van der Waals surface area (Å²) >= 11 is 19.9. The molecule has 0 spiro atoms. The number of hydrogen-bond acceptors (Lipinski definition) is 5. The Kier molecular flexibility index (Phi) is 3.59. The molecule has 0 aromatic heterocycles. The van der Waals surface area contributed by atoms with Crippen molar-refractivity contribution in [3.05, 3.63) is 41.1 Å². The van der Waals surface area contributed by atoms with E-state index in [9.17, 15) is 0 Å². The number of rotatable bonds is 1. The van der Waals surface area contributed by atoms with Gasteiger partial charge >= 0.3 is 0 Å². The SMILES string of the molecule is SC1(S)CS[C](c2ccccc2)C1(S)S. The first-order valence-corrected chi connectivity index (χ1v) is 7.18. The van der Waals surface area contributed by atoms with Crippen LogP contribution in [0.5, 0.6) is 0 Å². The third-order valence-electron chi connectivity index (χ3n) is 2.33. The normalized spacial score (nSPS) is 24.3. The molecule has 5 heteroatoms. The van der Waals surface area contributed by atoms with Crippen LogP contribution in [0.25, 0.3) is 0 Å². The highest BCUT2D eigenvalue weighted by atomic mass is 32.2. The molecular weight excluding hydrogens is 280 g/mol. The van der Waals surface area contributed by atoms with E-state index in [1.165, 1.54) is 0 Å². The Bertz CT molecular complexity index is 346. The van der Waals surface area contributed by atoms with Gasteiger partial charge in [0.25, 0.3) is 0 Å². The summed E-state index contributed by atoms with van der Waals surface area (Å²) < 4.78 is -1.08. The average molecular weight is 292 g/mol. The van der Waals surface area contributed by atoms with Crippen molar-refractivity contribution in [1.82, 2.24) is 0 Å². The number of hydrogen-bond donors (Lipinski definition) is 4. The lowest BCUT2D eigenvalue weighted by molar-refractivity contribution is 0.894. The van der Waals surface area contributed by atoms with Crippen molar-refractivity contribution in [1.29, 1.82) is 0 Å². The van der Waals surface area contributed by atoms with Gasteiger partial charge in [-0.3, -0.25) is 0 Å². The van der Waals surface area contributed by atoms with E-state index in [1.54, 1.807) is 11.8 Å². The Labute approximate surface area is 117 Å². The van der Waals surface area contributed by atoms with Gasteiger partial charge in [-0.1, -0.05) is 30.3 Å². The van der Waals surface area contributed by atoms with E-state index in [-0.39, 0.29) is 0 Å². The summed E-state index contributed by atoms with van der Waals surface area (Å²) in [5, 5.41) is 1.12. The van der Waals surface area contributed by atoms with Gasteiger partial charge < -0.3 is 0 Å². The van der Waals surface area contributed by atoms with Gasteiger partial charge in [-0.05, 0) is 5.56 Å². The highest BCUT2D eigenvalue weighted by molar-refractivity contribution is 8.14. The van der Waals surface area contributed by atoms with Crippen molar-refractivity contribution in [2.45, 2.75) is 8.16 Å². The largest absolute Gasteiger partial charge is 0.159 e. The Hall–Kier alpha value is 0.970. The number of benzene rings is 1. The second-order valence-electron chi connectivity index (χ2n) is 3.47. The maximum Gasteiger partial charge on any atom is 0.0998 e. The summed E-state index contributed by atoms with van der Waals surface area (Å²) in [5.41, 5.74) is 1.15. The number of thiol groups is 4. The summed E-state index contributed by atoms with van der Waals surface area (Å²) in [6.45, 7) is 0. The van der Waals surface area contributed by atoms with Crippen LogP contribution in [0.4, 0.5) is 0 Å². The molecule has 0 bridgehead atoms. The van der Waals surface area contributed by atoms with Gasteiger partial charge in [0, 0.05) is 5.75 Å². The van der Waals surface area contributed by atoms with Gasteiger partial charge in [0.1, 0.15) is 0 Å². The molecule has 1 saturated heterocycles. The molecule has 0 unspecified atom stereocenters. The summed E-state index contributed by atoms with van der Waals surface area (Å²) in [4.78, 5) is 0. The van der Waals surface area contributed by atoms with Crippen LogP contribution in [0.15, 0.2) is 30.3 Å². The third kappa shape index (κ3) is 2.18. The minimum Gasteiger partial charge on any atom is -0.159 e. The standard InChI is InChI=1S/C10H11S5/c11-9(12)6-15-8(10(9,13)14)7-4-2-1-3-5-7/h1-5,11-14H,6H2. The van der Waals surface area contributed by atoms with Gasteiger partial charge in [0.05, 0.1) is 13.4 Å². The van der Waals surface area contributed by atoms with E-state index >= 15 is 0 Å². The van der Waals surface area contributed by atoms with Crippen LogP contribution in [-0.4, -0.2) is 13.9 Å². The Balaban J connectivity index is 2.34. The first-order valence-electron chi connectivity index (χ1n) is 4.40. The van der Waals surface area contributed by atoms with E-state index < -0.39 is 8.16 Å². The van der Waals surface area contributed by atoms with Gasteiger partial charge in [0.15, 0.2) is 0 Å². The smallest absolute Gasteiger partial charge is 0.0998 e. The van der Waals surface area contributed by atoms with E-state index in [4.69, 9.17) is 0 Å². The maximum atomic E-state index is 4.59. The van der Waals surface area contributed by atoms with E-state index in [0.29, 0.717) is 0 Å². The van der Waals surface area contributed by atoms with Crippen LogP contribution in [0.2, 0.25) is 0 Å². The predicted octanol–water partition coefficient (Wildman–Crippen LogP) is 3.43. The molecule has 1 heterocycles. The molecule has 1 fully saturated rings. The zero-order valence-corrected chi connectivity index (χ0v) is 12.2. The monoisotopic (exact) mass is 291 g/mol. The van der Waals surface area contributed by atoms with E-state index in [0.717, 1.165) is 16.6 Å². The second kappa shape index (κ2) is 4.33. The molecule has 0 nitrogen and oxygen atoms in total. The van der Waals surface area contributed by atoms with Gasteiger partial charge in [0.2, 0.25) is 0 Å². The lowest BCUT2D eigenvalue weighted by Gasteiger charge is -2.33. The summed E-state index contributed by atoms with van der Waals surface area (Å²) in [7, 11) is 0. The Morgan fingerprint density at radius 3 is 2.07 bits per heavy atom.